The molecule has 0 bridgehead atoms. The van der Waals surface area contributed by atoms with Crippen molar-refractivity contribution in [1.29, 1.82) is 0 Å². The number of hydrogen-bond donors (Lipinski definition) is 0. The van der Waals surface area contributed by atoms with Crippen LogP contribution in [-0.4, -0.2) is 62.5 Å². The zero-order chi connectivity index (χ0) is 9.90. The first-order valence-corrected chi connectivity index (χ1v) is 6.66. The van der Waals surface area contributed by atoms with E-state index in [0.717, 1.165) is 19.6 Å². The van der Waals surface area contributed by atoms with Gasteiger partial charge in [0, 0.05) is 38.6 Å². The van der Waals surface area contributed by atoms with Gasteiger partial charge in [0.25, 0.3) is 0 Å². The van der Waals surface area contributed by atoms with Crippen molar-refractivity contribution in [3.8, 4) is 0 Å². The van der Waals surface area contributed by atoms with Gasteiger partial charge in [-0.3, -0.25) is 4.90 Å². The number of piperazine rings is 1. The first-order chi connectivity index (χ1) is 6.04. The molecule has 1 fully saturated rings. The van der Waals surface area contributed by atoms with Crippen LogP contribution in [0.1, 0.15) is 0 Å². The number of nitrogens with zero attached hydrogens (tertiary/aromatic N) is 2. The number of hydrogen-bond acceptors (Lipinski definition) is 3. The molecule has 0 N–H and O–H groups in total. The van der Waals surface area contributed by atoms with Gasteiger partial charge in [0.2, 0.25) is 10.0 Å². The van der Waals surface area contributed by atoms with Crippen molar-refractivity contribution in [2.45, 2.75) is 0 Å². The highest BCUT2D eigenvalue weighted by atomic mass is 35.5. The maximum atomic E-state index is 11.1. The standard InChI is InChI=1S/C7H15ClN2O2S.ClH/c1-13(11,12)10-6-4-9(3-2-8)5-7-10;/h2-7H2,1H3;1H. The van der Waals surface area contributed by atoms with Gasteiger partial charge in [-0.25, -0.2) is 8.42 Å². The molecule has 0 spiro atoms. The Bertz CT molecular complexity index is 250. The molecule has 1 aliphatic rings. The fourth-order valence-corrected chi connectivity index (χ4v) is 2.47. The fourth-order valence-electron chi connectivity index (χ4n) is 1.40. The molecule has 0 unspecified atom stereocenters. The molecule has 0 atom stereocenters. The Labute approximate surface area is 96.7 Å². The van der Waals surface area contributed by atoms with Crippen molar-refractivity contribution in [1.82, 2.24) is 9.21 Å². The molecular formula is C7H16Cl2N2O2S. The molecule has 0 aromatic heterocycles. The zero-order valence-electron chi connectivity index (χ0n) is 8.15. The van der Waals surface area contributed by atoms with E-state index >= 15 is 0 Å². The number of sulfonamides is 1. The van der Waals surface area contributed by atoms with Gasteiger partial charge in [-0.05, 0) is 0 Å². The summed E-state index contributed by atoms with van der Waals surface area (Å²) in [5.74, 6) is 0.610. The van der Waals surface area contributed by atoms with Crippen LogP contribution >= 0.6 is 24.0 Å². The number of halogens is 2. The van der Waals surface area contributed by atoms with Crippen LogP contribution in [0.4, 0.5) is 0 Å². The Morgan fingerprint density at radius 2 is 1.71 bits per heavy atom. The molecule has 1 rings (SSSR count). The third kappa shape index (κ3) is 4.31. The second-order valence-electron chi connectivity index (χ2n) is 3.19. The fraction of sp³-hybridized carbons (Fsp3) is 1.00. The molecule has 0 aromatic rings. The molecule has 0 saturated carbocycles. The van der Waals surface area contributed by atoms with Crippen LogP contribution in [-0.2, 0) is 10.0 Å². The van der Waals surface area contributed by atoms with Crippen molar-refractivity contribution >= 4 is 34.0 Å². The van der Waals surface area contributed by atoms with Crippen molar-refractivity contribution in [3.63, 3.8) is 0 Å². The minimum atomic E-state index is -2.99. The average Bonchev–Trinajstić information content (AvgIpc) is 2.04. The SMILES string of the molecule is CS(=O)(=O)N1CCN(CCCl)CC1.Cl. The summed E-state index contributed by atoms with van der Waals surface area (Å²) in [6.45, 7) is 3.62. The maximum absolute atomic E-state index is 11.1. The Kier molecular flexibility index (Phi) is 6.32. The lowest BCUT2D eigenvalue weighted by Crippen LogP contribution is -2.48. The largest absolute Gasteiger partial charge is 0.300 e. The van der Waals surface area contributed by atoms with E-state index < -0.39 is 10.0 Å². The van der Waals surface area contributed by atoms with E-state index in [9.17, 15) is 8.42 Å². The van der Waals surface area contributed by atoms with Crippen molar-refractivity contribution in [3.05, 3.63) is 0 Å². The topological polar surface area (TPSA) is 40.6 Å². The summed E-state index contributed by atoms with van der Waals surface area (Å²) in [6.07, 6.45) is 1.25. The quantitative estimate of drug-likeness (QED) is 0.684. The summed E-state index contributed by atoms with van der Waals surface area (Å²) in [4.78, 5) is 2.18. The molecule has 7 heteroatoms. The van der Waals surface area contributed by atoms with Crippen molar-refractivity contribution in [2.75, 3.05) is 44.9 Å². The molecule has 0 radical (unpaired) electrons. The summed E-state index contributed by atoms with van der Waals surface area (Å²) < 4.78 is 23.8. The van der Waals surface area contributed by atoms with Crippen LogP contribution in [0.15, 0.2) is 0 Å². The second-order valence-corrected chi connectivity index (χ2v) is 5.55. The van der Waals surface area contributed by atoms with Gasteiger partial charge in [0.15, 0.2) is 0 Å². The Morgan fingerprint density at radius 1 is 1.21 bits per heavy atom. The van der Waals surface area contributed by atoms with Gasteiger partial charge in [-0.2, -0.15) is 4.31 Å². The smallest absolute Gasteiger partial charge is 0.211 e. The van der Waals surface area contributed by atoms with E-state index in [-0.39, 0.29) is 12.4 Å². The zero-order valence-corrected chi connectivity index (χ0v) is 10.5. The Balaban J connectivity index is 0.00000169. The minimum Gasteiger partial charge on any atom is -0.300 e. The Morgan fingerprint density at radius 3 is 2.07 bits per heavy atom. The van der Waals surface area contributed by atoms with E-state index in [1.165, 1.54) is 10.6 Å². The van der Waals surface area contributed by atoms with E-state index in [1.54, 1.807) is 0 Å². The van der Waals surface area contributed by atoms with Gasteiger partial charge < -0.3 is 0 Å². The summed E-state index contributed by atoms with van der Waals surface area (Å²) in [5, 5.41) is 0. The first kappa shape index (κ1) is 14.5. The molecule has 1 aliphatic heterocycles. The van der Waals surface area contributed by atoms with Gasteiger partial charge in [0.1, 0.15) is 0 Å². The summed E-state index contributed by atoms with van der Waals surface area (Å²) >= 11 is 5.59. The monoisotopic (exact) mass is 262 g/mol. The molecule has 4 nitrogen and oxygen atoms in total. The van der Waals surface area contributed by atoms with Gasteiger partial charge in [0.05, 0.1) is 6.26 Å². The van der Waals surface area contributed by atoms with Crippen LogP contribution in [0.2, 0.25) is 0 Å². The van der Waals surface area contributed by atoms with Crippen molar-refractivity contribution in [2.24, 2.45) is 0 Å². The normalized spacial score (nSPS) is 20.4. The Hall–Kier alpha value is 0.450. The van der Waals surface area contributed by atoms with E-state index in [1.807, 2.05) is 0 Å². The minimum absolute atomic E-state index is 0. The lowest BCUT2D eigenvalue weighted by Gasteiger charge is -2.32. The maximum Gasteiger partial charge on any atom is 0.211 e. The van der Waals surface area contributed by atoms with Gasteiger partial charge in [-0.15, -0.1) is 24.0 Å². The average molecular weight is 263 g/mol. The lowest BCUT2D eigenvalue weighted by atomic mass is 10.4. The van der Waals surface area contributed by atoms with Gasteiger partial charge >= 0.3 is 0 Å². The van der Waals surface area contributed by atoms with Crippen LogP contribution < -0.4 is 0 Å². The van der Waals surface area contributed by atoms with E-state index in [4.69, 9.17) is 11.6 Å². The summed E-state index contributed by atoms with van der Waals surface area (Å²) in [5.41, 5.74) is 0. The van der Waals surface area contributed by atoms with Gasteiger partial charge in [-0.1, -0.05) is 0 Å². The highest BCUT2D eigenvalue weighted by molar-refractivity contribution is 7.88. The molecule has 0 amide bonds. The highest BCUT2D eigenvalue weighted by Crippen LogP contribution is 2.05. The van der Waals surface area contributed by atoms with Crippen LogP contribution in [0.3, 0.4) is 0 Å². The first-order valence-electron chi connectivity index (χ1n) is 4.27. The second kappa shape index (κ2) is 6.12. The summed E-state index contributed by atoms with van der Waals surface area (Å²) in [7, 11) is -2.99. The van der Waals surface area contributed by atoms with Crippen LogP contribution in [0, 0.1) is 0 Å². The molecule has 14 heavy (non-hydrogen) atoms. The van der Waals surface area contributed by atoms with Crippen LogP contribution in [0.25, 0.3) is 0 Å². The molecule has 1 heterocycles. The van der Waals surface area contributed by atoms with E-state index in [2.05, 4.69) is 4.90 Å². The van der Waals surface area contributed by atoms with Crippen LogP contribution in [0.5, 0.6) is 0 Å². The number of rotatable bonds is 3. The molecule has 1 saturated heterocycles. The lowest BCUT2D eigenvalue weighted by molar-refractivity contribution is 0.198. The highest BCUT2D eigenvalue weighted by Gasteiger charge is 2.22. The molecular weight excluding hydrogens is 247 g/mol. The molecule has 86 valence electrons. The third-order valence-corrected chi connectivity index (χ3v) is 3.67. The molecule has 0 aliphatic carbocycles. The molecule has 0 aromatic carbocycles. The summed E-state index contributed by atoms with van der Waals surface area (Å²) in [6, 6.07) is 0. The predicted molar refractivity (Wildman–Crippen MR) is 60.8 cm³/mol. The van der Waals surface area contributed by atoms with Crippen molar-refractivity contribution < 1.29 is 8.42 Å². The van der Waals surface area contributed by atoms with E-state index in [0.29, 0.717) is 19.0 Å². The number of alkyl halides is 1. The predicted octanol–water partition coefficient (Wildman–Crippen LogP) is 0.224. The third-order valence-electron chi connectivity index (χ3n) is 2.20.